The molecular formula is C23H28O4. The molecule has 1 N–H and O–H groups in total. The fraction of sp³-hybridized carbons (Fsp3) is 0.304. The third-order valence-electron chi connectivity index (χ3n) is 3.69. The number of hydrogen-bond donors (Lipinski definition) is 1. The van der Waals surface area contributed by atoms with Crippen LogP contribution in [0, 0.1) is 0 Å². The average Bonchev–Trinajstić information content (AvgIpc) is 2.60. The molecule has 0 aromatic heterocycles. The van der Waals surface area contributed by atoms with Crippen LogP contribution >= 0.6 is 0 Å². The maximum absolute atomic E-state index is 9.71. The van der Waals surface area contributed by atoms with Gasteiger partial charge in [0.05, 0.1) is 13.2 Å². The van der Waals surface area contributed by atoms with E-state index in [-0.39, 0.29) is 11.9 Å². The van der Waals surface area contributed by atoms with E-state index in [0.717, 1.165) is 22.6 Å². The summed E-state index contributed by atoms with van der Waals surface area (Å²) in [6.45, 7) is 8.60. The van der Waals surface area contributed by atoms with Gasteiger partial charge in [-0.25, -0.2) is 0 Å². The molecule has 4 heteroatoms. The Bertz CT molecular complexity index is 815. The lowest BCUT2D eigenvalue weighted by atomic mass is 10.1. The van der Waals surface area contributed by atoms with Crippen molar-refractivity contribution < 1.29 is 19.3 Å². The van der Waals surface area contributed by atoms with Gasteiger partial charge in [0.25, 0.3) is 0 Å². The molecule has 0 fully saturated rings. The summed E-state index contributed by atoms with van der Waals surface area (Å²) in [4.78, 5) is 0. The summed E-state index contributed by atoms with van der Waals surface area (Å²) in [5.74, 6) is 2.09. The molecule has 0 atom stereocenters. The van der Waals surface area contributed by atoms with Gasteiger partial charge >= 0.3 is 0 Å². The number of benzene rings is 2. The average molecular weight is 368 g/mol. The van der Waals surface area contributed by atoms with Crippen molar-refractivity contribution in [2.75, 3.05) is 13.7 Å². The Labute approximate surface area is 161 Å². The summed E-state index contributed by atoms with van der Waals surface area (Å²) in [5.41, 5.74) is 3.10. The van der Waals surface area contributed by atoms with Gasteiger partial charge in [0, 0.05) is 6.07 Å². The quantitative estimate of drug-likeness (QED) is 0.479. The maximum atomic E-state index is 9.71. The minimum absolute atomic E-state index is 0.0798. The molecule has 0 heterocycles. The van der Waals surface area contributed by atoms with Gasteiger partial charge in [0.1, 0.15) is 18.1 Å². The Morgan fingerprint density at radius 3 is 2.37 bits per heavy atom. The van der Waals surface area contributed by atoms with Gasteiger partial charge < -0.3 is 19.3 Å². The molecule has 0 aliphatic heterocycles. The normalized spacial score (nSPS) is 10.9. The number of phenolic OH excluding ortho intramolecular Hbond substituents is 1. The predicted molar refractivity (Wildman–Crippen MR) is 111 cm³/mol. The minimum atomic E-state index is 0.0798. The number of methoxy groups -OCH3 is 1. The largest absolute Gasteiger partial charge is 0.504 e. The van der Waals surface area contributed by atoms with Crippen LogP contribution in [0.3, 0.4) is 0 Å². The Balaban J connectivity index is 2.26. The van der Waals surface area contributed by atoms with E-state index in [9.17, 15) is 5.11 Å². The van der Waals surface area contributed by atoms with Crippen molar-refractivity contribution in [1.82, 2.24) is 0 Å². The van der Waals surface area contributed by atoms with E-state index in [1.165, 1.54) is 12.7 Å². The SMILES string of the molecule is COc1cc(C=Cc2cc(OCC=C(C)C)cc(OC(C)C)c2)ccc1O. The van der Waals surface area contributed by atoms with Crippen LogP contribution in [0.5, 0.6) is 23.0 Å². The number of ether oxygens (including phenoxy) is 3. The lowest BCUT2D eigenvalue weighted by Gasteiger charge is -2.13. The lowest BCUT2D eigenvalue weighted by molar-refractivity contribution is 0.240. The molecule has 0 bridgehead atoms. The van der Waals surface area contributed by atoms with Gasteiger partial charge in [-0.15, -0.1) is 0 Å². The Morgan fingerprint density at radius 2 is 1.70 bits per heavy atom. The third-order valence-corrected chi connectivity index (χ3v) is 3.69. The molecule has 144 valence electrons. The fourth-order valence-electron chi connectivity index (χ4n) is 2.41. The second-order valence-electron chi connectivity index (χ2n) is 6.76. The molecule has 0 amide bonds. The van der Waals surface area contributed by atoms with Crippen LogP contribution in [0.4, 0.5) is 0 Å². The van der Waals surface area contributed by atoms with Gasteiger partial charge in [0.15, 0.2) is 11.5 Å². The first-order chi connectivity index (χ1) is 12.9. The van der Waals surface area contributed by atoms with E-state index >= 15 is 0 Å². The number of allylic oxidation sites excluding steroid dienone is 1. The van der Waals surface area contributed by atoms with Crippen molar-refractivity contribution in [2.24, 2.45) is 0 Å². The van der Waals surface area contributed by atoms with Crippen LogP contribution in [0.25, 0.3) is 12.2 Å². The first kappa shape index (κ1) is 20.4. The highest BCUT2D eigenvalue weighted by atomic mass is 16.5. The number of hydrogen-bond acceptors (Lipinski definition) is 4. The minimum Gasteiger partial charge on any atom is -0.504 e. The smallest absolute Gasteiger partial charge is 0.161 e. The molecule has 2 rings (SSSR count). The molecule has 0 radical (unpaired) electrons. The highest BCUT2D eigenvalue weighted by Crippen LogP contribution is 2.28. The van der Waals surface area contributed by atoms with E-state index in [4.69, 9.17) is 14.2 Å². The van der Waals surface area contributed by atoms with Gasteiger partial charge in [-0.1, -0.05) is 23.8 Å². The summed E-state index contributed by atoms with van der Waals surface area (Å²) in [6.07, 6.45) is 6.05. The molecular weight excluding hydrogens is 340 g/mol. The van der Waals surface area contributed by atoms with Gasteiger partial charge in [0.2, 0.25) is 0 Å². The van der Waals surface area contributed by atoms with Gasteiger partial charge in [-0.3, -0.25) is 0 Å². The van der Waals surface area contributed by atoms with Gasteiger partial charge in [-0.05, 0) is 69.2 Å². The summed E-state index contributed by atoms with van der Waals surface area (Å²) < 4.78 is 16.8. The van der Waals surface area contributed by atoms with Crippen LogP contribution < -0.4 is 14.2 Å². The highest BCUT2D eigenvalue weighted by Gasteiger charge is 2.05. The number of aromatic hydroxyl groups is 1. The lowest BCUT2D eigenvalue weighted by Crippen LogP contribution is -2.06. The van der Waals surface area contributed by atoms with Crippen molar-refractivity contribution in [3.63, 3.8) is 0 Å². The van der Waals surface area contributed by atoms with Crippen molar-refractivity contribution >= 4 is 12.2 Å². The monoisotopic (exact) mass is 368 g/mol. The Kier molecular flexibility index (Phi) is 7.35. The molecule has 0 unspecified atom stereocenters. The van der Waals surface area contributed by atoms with Gasteiger partial charge in [-0.2, -0.15) is 0 Å². The number of rotatable bonds is 8. The van der Waals surface area contributed by atoms with Crippen molar-refractivity contribution in [1.29, 1.82) is 0 Å². The second kappa shape index (κ2) is 9.72. The Hall–Kier alpha value is -2.88. The summed E-state index contributed by atoms with van der Waals surface area (Å²) in [5, 5.41) is 9.71. The van der Waals surface area contributed by atoms with Crippen LogP contribution in [0.2, 0.25) is 0 Å². The van der Waals surface area contributed by atoms with E-state index in [1.807, 2.05) is 70.2 Å². The zero-order valence-electron chi connectivity index (χ0n) is 16.7. The standard InChI is InChI=1S/C23H28O4/c1-16(2)10-11-26-20-12-19(13-21(15-20)27-17(3)4)7-6-18-8-9-22(24)23(14-18)25-5/h6-10,12-15,17,24H,11H2,1-5H3. The second-order valence-corrected chi connectivity index (χ2v) is 6.76. The van der Waals surface area contributed by atoms with E-state index in [0.29, 0.717) is 12.4 Å². The van der Waals surface area contributed by atoms with Crippen LogP contribution in [0.1, 0.15) is 38.8 Å². The van der Waals surface area contributed by atoms with E-state index in [2.05, 4.69) is 0 Å². The van der Waals surface area contributed by atoms with Crippen LogP contribution in [0.15, 0.2) is 48.0 Å². The molecule has 2 aromatic carbocycles. The molecule has 0 spiro atoms. The molecule has 4 nitrogen and oxygen atoms in total. The zero-order chi connectivity index (χ0) is 19.8. The number of phenols is 1. The van der Waals surface area contributed by atoms with Crippen molar-refractivity contribution in [3.8, 4) is 23.0 Å². The van der Waals surface area contributed by atoms with Crippen molar-refractivity contribution in [2.45, 2.75) is 33.8 Å². The maximum Gasteiger partial charge on any atom is 0.161 e. The Morgan fingerprint density at radius 1 is 1.00 bits per heavy atom. The van der Waals surface area contributed by atoms with E-state index < -0.39 is 0 Å². The fourth-order valence-corrected chi connectivity index (χ4v) is 2.41. The zero-order valence-corrected chi connectivity index (χ0v) is 16.7. The first-order valence-corrected chi connectivity index (χ1v) is 9.00. The first-order valence-electron chi connectivity index (χ1n) is 9.00. The third kappa shape index (κ3) is 6.74. The molecule has 0 saturated carbocycles. The molecule has 2 aromatic rings. The van der Waals surface area contributed by atoms with E-state index in [1.54, 1.807) is 12.1 Å². The molecule has 0 saturated heterocycles. The summed E-state index contributed by atoms with van der Waals surface area (Å²) in [7, 11) is 1.53. The molecule has 27 heavy (non-hydrogen) atoms. The topological polar surface area (TPSA) is 47.9 Å². The summed E-state index contributed by atoms with van der Waals surface area (Å²) in [6, 6.07) is 11.1. The van der Waals surface area contributed by atoms with Crippen LogP contribution in [-0.4, -0.2) is 24.9 Å². The summed E-state index contributed by atoms with van der Waals surface area (Å²) >= 11 is 0. The molecule has 0 aliphatic rings. The van der Waals surface area contributed by atoms with Crippen molar-refractivity contribution in [3.05, 3.63) is 59.2 Å². The highest BCUT2D eigenvalue weighted by molar-refractivity contribution is 5.72. The molecule has 0 aliphatic carbocycles. The predicted octanol–water partition coefficient (Wildman–Crippen LogP) is 5.70. The van der Waals surface area contributed by atoms with Crippen LogP contribution in [-0.2, 0) is 0 Å².